The first kappa shape index (κ1) is 15.4. The van der Waals surface area contributed by atoms with Gasteiger partial charge in [-0.15, -0.1) is 0 Å². The monoisotopic (exact) mass is 329 g/mol. The second kappa shape index (κ2) is 6.04. The molecule has 0 aromatic rings. The molecule has 4 fully saturated rings. The predicted octanol–water partition coefficient (Wildman–Crippen LogP) is 1.92. The Bertz CT molecular complexity index is 498. The molecule has 0 aromatic heterocycles. The minimum Gasteiger partial charge on any atom is -0.375 e. The number of ether oxygens (including phenoxy) is 2. The highest BCUT2D eigenvalue weighted by Crippen LogP contribution is 2.39. The smallest absolute Gasteiger partial charge is 0.217 e. The molecule has 5 nitrogen and oxygen atoms in total. The first-order chi connectivity index (χ1) is 10.7. The second-order valence-electron chi connectivity index (χ2n) is 7.36. The summed E-state index contributed by atoms with van der Waals surface area (Å²) in [6, 6.07) is 0.00734. The van der Waals surface area contributed by atoms with Gasteiger partial charge in [-0.1, -0.05) is 12.8 Å². The van der Waals surface area contributed by atoms with Crippen molar-refractivity contribution in [1.29, 1.82) is 0 Å². The van der Waals surface area contributed by atoms with E-state index in [4.69, 9.17) is 9.47 Å². The third-order valence-electron chi connectivity index (χ3n) is 5.78. The van der Waals surface area contributed by atoms with E-state index in [1.807, 2.05) is 0 Å². The van der Waals surface area contributed by atoms with Gasteiger partial charge in [-0.2, -0.15) is 4.31 Å². The average Bonchev–Trinajstić information content (AvgIpc) is 3.11. The van der Waals surface area contributed by atoms with Gasteiger partial charge in [0.25, 0.3) is 0 Å². The molecule has 4 rings (SSSR count). The Labute approximate surface area is 133 Å². The standard InChI is InChI=1S/C16H27NO4S/c18-22(19,13-5-6-13)17-9-10-20-16-14(17)7-8-15(16)21-11-12-3-1-2-4-12/h12-16H,1-11H2/t14-,15+,16+/m0/s1. The molecule has 1 aliphatic heterocycles. The van der Waals surface area contributed by atoms with Crippen molar-refractivity contribution in [3.63, 3.8) is 0 Å². The van der Waals surface area contributed by atoms with Crippen LogP contribution in [-0.2, 0) is 19.5 Å². The van der Waals surface area contributed by atoms with E-state index in [1.54, 1.807) is 4.31 Å². The first-order valence-corrected chi connectivity index (χ1v) is 10.4. The number of sulfonamides is 1. The Morgan fingerprint density at radius 2 is 1.82 bits per heavy atom. The van der Waals surface area contributed by atoms with Gasteiger partial charge in [0, 0.05) is 13.2 Å². The summed E-state index contributed by atoms with van der Waals surface area (Å²) in [5, 5.41) is -0.121. The predicted molar refractivity (Wildman–Crippen MR) is 83.1 cm³/mol. The molecule has 0 N–H and O–H groups in total. The van der Waals surface area contributed by atoms with Gasteiger partial charge in [-0.3, -0.25) is 0 Å². The second-order valence-corrected chi connectivity index (χ2v) is 9.52. The van der Waals surface area contributed by atoms with Crippen molar-refractivity contribution < 1.29 is 17.9 Å². The molecule has 6 heteroatoms. The van der Waals surface area contributed by atoms with Gasteiger partial charge in [0.1, 0.15) is 6.10 Å². The fraction of sp³-hybridized carbons (Fsp3) is 1.00. The molecule has 22 heavy (non-hydrogen) atoms. The molecule has 3 saturated carbocycles. The normalized spacial score (nSPS) is 37.5. The Morgan fingerprint density at radius 3 is 2.55 bits per heavy atom. The third-order valence-corrected chi connectivity index (χ3v) is 8.20. The van der Waals surface area contributed by atoms with Crippen LogP contribution in [-0.4, -0.2) is 56.0 Å². The highest BCUT2D eigenvalue weighted by atomic mass is 32.2. The van der Waals surface area contributed by atoms with Crippen LogP contribution < -0.4 is 0 Å². The molecule has 0 spiro atoms. The zero-order valence-corrected chi connectivity index (χ0v) is 14.0. The highest BCUT2D eigenvalue weighted by molar-refractivity contribution is 7.90. The van der Waals surface area contributed by atoms with Crippen LogP contribution in [0.3, 0.4) is 0 Å². The first-order valence-electron chi connectivity index (χ1n) is 8.90. The average molecular weight is 329 g/mol. The van der Waals surface area contributed by atoms with Gasteiger partial charge in [-0.05, 0) is 44.4 Å². The van der Waals surface area contributed by atoms with E-state index in [0.717, 1.165) is 32.3 Å². The summed E-state index contributed by atoms with van der Waals surface area (Å²) < 4.78 is 39.0. The molecular weight excluding hydrogens is 302 g/mol. The lowest BCUT2D eigenvalue weighted by atomic mass is 10.1. The molecular formula is C16H27NO4S. The molecule has 3 aliphatic carbocycles. The Morgan fingerprint density at radius 1 is 1.05 bits per heavy atom. The van der Waals surface area contributed by atoms with Crippen molar-refractivity contribution in [2.24, 2.45) is 5.92 Å². The maximum atomic E-state index is 12.6. The quantitative estimate of drug-likeness (QED) is 0.773. The van der Waals surface area contributed by atoms with Gasteiger partial charge in [-0.25, -0.2) is 8.42 Å². The van der Waals surface area contributed by atoms with E-state index in [1.165, 1.54) is 25.7 Å². The van der Waals surface area contributed by atoms with E-state index >= 15 is 0 Å². The fourth-order valence-corrected chi connectivity index (χ4v) is 6.42. The Kier molecular flexibility index (Phi) is 4.22. The summed E-state index contributed by atoms with van der Waals surface area (Å²) in [4.78, 5) is 0. The fourth-order valence-electron chi connectivity index (χ4n) is 4.37. The van der Waals surface area contributed by atoms with Crippen molar-refractivity contribution >= 4 is 10.0 Å². The maximum absolute atomic E-state index is 12.6. The topological polar surface area (TPSA) is 55.8 Å². The van der Waals surface area contributed by atoms with Crippen molar-refractivity contribution in [2.45, 2.75) is 74.9 Å². The van der Waals surface area contributed by atoms with Gasteiger partial charge in [0.2, 0.25) is 10.0 Å². The number of hydrogen-bond acceptors (Lipinski definition) is 4. The Hall–Kier alpha value is -0.170. The molecule has 0 radical (unpaired) electrons. The molecule has 0 aromatic carbocycles. The van der Waals surface area contributed by atoms with Crippen LogP contribution in [0.25, 0.3) is 0 Å². The summed E-state index contributed by atoms with van der Waals surface area (Å²) in [6.45, 7) is 1.86. The minimum atomic E-state index is -3.10. The van der Waals surface area contributed by atoms with Crippen LogP contribution >= 0.6 is 0 Å². The molecule has 126 valence electrons. The maximum Gasteiger partial charge on any atom is 0.217 e. The number of hydrogen-bond donors (Lipinski definition) is 0. The van der Waals surface area contributed by atoms with Crippen molar-refractivity contribution in [3.05, 3.63) is 0 Å². The van der Waals surface area contributed by atoms with E-state index < -0.39 is 10.0 Å². The molecule has 1 heterocycles. The molecule has 1 saturated heterocycles. The summed E-state index contributed by atoms with van der Waals surface area (Å²) in [5.74, 6) is 0.703. The van der Waals surface area contributed by atoms with E-state index in [2.05, 4.69) is 0 Å². The lowest BCUT2D eigenvalue weighted by Crippen LogP contribution is -2.54. The molecule has 4 aliphatic rings. The van der Waals surface area contributed by atoms with E-state index in [0.29, 0.717) is 19.1 Å². The van der Waals surface area contributed by atoms with Gasteiger partial charge < -0.3 is 9.47 Å². The van der Waals surface area contributed by atoms with Crippen LogP contribution in [0.15, 0.2) is 0 Å². The number of nitrogens with zero attached hydrogens (tertiary/aromatic N) is 1. The van der Waals surface area contributed by atoms with Crippen molar-refractivity contribution in [2.75, 3.05) is 19.8 Å². The van der Waals surface area contributed by atoms with Gasteiger partial charge in [0.05, 0.1) is 24.0 Å². The molecule has 0 bridgehead atoms. The minimum absolute atomic E-state index is 0.00734. The van der Waals surface area contributed by atoms with Gasteiger partial charge >= 0.3 is 0 Å². The van der Waals surface area contributed by atoms with E-state index in [-0.39, 0.29) is 23.5 Å². The zero-order valence-electron chi connectivity index (χ0n) is 13.2. The van der Waals surface area contributed by atoms with Gasteiger partial charge in [0.15, 0.2) is 0 Å². The number of fused-ring (bicyclic) bond motifs is 1. The summed E-state index contributed by atoms with van der Waals surface area (Å²) in [7, 11) is -3.10. The van der Waals surface area contributed by atoms with Crippen LogP contribution in [0.2, 0.25) is 0 Å². The summed E-state index contributed by atoms with van der Waals surface area (Å²) >= 11 is 0. The van der Waals surface area contributed by atoms with Crippen LogP contribution in [0.5, 0.6) is 0 Å². The molecule has 0 unspecified atom stereocenters. The lowest BCUT2D eigenvalue weighted by molar-refractivity contribution is -0.101. The largest absolute Gasteiger partial charge is 0.375 e. The number of rotatable bonds is 5. The third kappa shape index (κ3) is 2.83. The van der Waals surface area contributed by atoms with E-state index in [9.17, 15) is 8.42 Å². The van der Waals surface area contributed by atoms with Crippen molar-refractivity contribution in [3.8, 4) is 0 Å². The summed E-state index contributed by atoms with van der Waals surface area (Å²) in [6.07, 6.45) is 8.73. The number of morpholine rings is 1. The van der Waals surface area contributed by atoms with Crippen molar-refractivity contribution in [1.82, 2.24) is 4.31 Å². The van der Waals surface area contributed by atoms with Crippen LogP contribution in [0, 0.1) is 5.92 Å². The van der Waals surface area contributed by atoms with Crippen LogP contribution in [0.4, 0.5) is 0 Å². The Balaban J connectivity index is 1.39. The highest BCUT2D eigenvalue weighted by Gasteiger charge is 2.51. The summed E-state index contributed by atoms with van der Waals surface area (Å²) in [5.41, 5.74) is 0. The zero-order chi connectivity index (χ0) is 15.2. The van der Waals surface area contributed by atoms with Crippen LogP contribution in [0.1, 0.15) is 51.4 Å². The SMILES string of the molecule is O=S(=O)(C1CC1)N1CCO[C@H]2[C@H](OCC3CCCC3)CC[C@@H]21. The molecule has 3 atom stereocenters. The molecule has 0 amide bonds. The lowest BCUT2D eigenvalue weighted by Gasteiger charge is -2.38.